The molecule has 2 aromatic rings. The van der Waals surface area contributed by atoms with Gasteiger partial charge in [-0.1, -0.05) is 64.8 Å². The second-order valence-corrected chi connectivity index (χ2v) is 8.56. The first-order valence-electron chi connectivity index (χ1n) is 9.89. The van der Waals surface area contributed by atoms with E-state index in [9.17, 15) is 9.59 Å². The standard InChI is InChI=1S/C23H28BrClN2O2/c1-4-16(2)26-23(29)17(3)27(15-18-8-7-10-20(24)14-18)22(28)13-12-19-9-5-6-11-21(19)25/h5-11,14,16-17H,4,12-13,15H2,1-3H3,(H,26,29)/t16-,17-/m0/s1. The normalized spacial score (nSPS) is 12.9. The van der Waals surface area contributed by atoms with E-state index >= 15 is 0 Å². The zero-order chi connectivity index (χ0) is 21.4. The maximum absolute atomic E-state index is 13.1. The van der Waals surface area contributed by atoms with Crippen molar-refractivity contribution in [2.45, 2.75) is 58.7 Å². The topological polar surface area (TPSA) is 49.4 Å². The molecule has 0 aliphatic carbocycles. The third-order valence-corrected chi connectivity index (χ3v) is 5.84. The van der Waals surface area contributed by atoms with Gasteiger partial charge in [-0.25, -0.2) is 0 Å². The number of halogens is 2. The van der Waals surface area contributed by atoms with Gasteiger partial charge in [0.05, 0.1) is 0 Å². The third-order valence-electron chi connectivity index (χ3n) is 4.98. The Kier molecular flexibility index (Phi) is 9.18. The number of nitrogens with zero attached hydrogens (tertiary/aromatic N) is 1. The van der Waals surface area contributed by atoms with Gasteiger partial charge in [-0.05, 0) is 56.0 Å². The molecule has 2 aromatic carbocycles. The van der Waals surface area contributed by atoms with E-state index in [0.29, 0.717) is 24.4 Å². The molecule has 2 atom stereocenters. The van der Waals surface area contributed by atoms with Gasteiger partial charge in [-0.3, -0.25) is 9.59 Å². The SMILES string of the molecule is CC[C@H](C)NC(=O)[C@H](C)N(Cc1cccc(Br)c1)C(=O)CCc1ccccc1Cl. The minimum atomic E-state index is -0.568. The fourth-order valence-corrected chi connectivity index (χ4v) is 3.64. The van der Waals surface area contributed by atoms with E-state index in [0.717, 1.165) is 22.0 Å². The summed E-state index contributed by atoms with van der Waals surface area (Å²) in [6.07, 6.45) is 1.66. The lowest BCUT2D eigenvalue weighted by molar-refractivity contribution is -0.140. The molecule has 2 amide bonds. The summed E-state index contributed by atoms with van der Waals surface area (Å²) in [6.45, 7) is 6.13. The van der Waals surface area contributed by atoms with Gasteiger partial charge in [0.25, 0.3) is 0 Å². The molecule has 6 heteroatoms. The van der Waals surface area contributed by atoms with Crippen molar-refractivity contribution in [2.24, 2.45) is 0 Å². The van der Waals surface area contributed by atoms with Crippen LogP contribution in [0.2, 0.25) is 5.02 Å². The summed E-state index contributed by atoms with van der Waals surface area (Å²) in [7, 11) is 0. The van der Waals surface area contributed by atoms with Crippen LogP contribution in [-0.4, -0.2) is 28.8 Å². The van der Waals surface area contributed by atoms with Gasteiger partial charge >= 0.3 is 0 Å². The molecule has 0 heterocycles. The average Bonchev–Trinajstić information content (AvgIpc) is 2.70. The highest BCUT2D eigenvalue weighted by atomic mass is 79.9. The molecule has 1 N–H and O–H groups in total. The number of hydrogen-bond acceptors (Lipinski definition) is 2. The van der Waals surface area contributed by atoms with Crippen molar-refractivity contribution in [3.8, 4) is 0 Å². The second-order valence-electron chi connectivity index (χ2n) is 7.24. The van der Waals surface area contributed by atoms with Crippen molar-refractivity contribution in [1.82, 2.24) is 10.2 Å². The highest BCUT2D eigenvalue weighted by molar-refractivity contribution is 9.10. The molecule has 0 saturated heterocycles. The number of carbonyl (C=O) groups excluding carboxylic acids is 2. The molecule has 29 heavy (non-hydrogen) atoms. The minimum Gasteiger partial charge on any atom is -0.352 e. The van der Waals surface area contributed by atoms with Gasteiger partial charge < -0.3 is 10.2 Å². The predicted molar refractivity (Wildman–Crippen MR) is 122 cm³/mol. The summed E-state index contributed by atoms with van der Waals surface area (Å²) in [5.74, 6) is -0.211. The van der Waals surface area contributed by atoms with Crippen LogP contribution in [0, 0.1) is 0 Å². The van der Waals surface area contributed by atoms with E-state index in [2.05, 4.69) is 21.2 Å². The maximum Gasteiger partial charge on any atom is 0.242 e. The van der Waals surface area contributed by atoms with Crippen LogP contribution in [0.15, 0.2) is 53.0 Å². The Balaban J connectivity index is 2.17. The maximum atomic E-state index is 13.1. The van der Waals surface area contributed by atoms with Gasteiger partial charge in [0.2, 0.25) is 11.8 Å². The van der Waals surface area contributed by atoms with Crippen molar-refractivity contribution in [1.29, 1.82) is 0 Å². The molecular formula is C23H28BrClN2O2. The first-order chi connectivity index (χ1) is 13.8. The van der Waals surface area contributed by atoms with E-state index in [1.165, 1.54) is 0 Å². The first kappa shape index (κ1) is 23.4. The summed E-state index contributed by atoms with van der Waals surface area (Å²) in [4.78, 5) is 27.5. The van der Waals surface area contributed by atoms with Gasteiger partial charge in [0.15, 0.2) is 0 Å². The Bertz CT molecular complexity index is 843. The number of carbonyl (C=O) groups is 2. The van der Waals surface area contributed by atoms with Crippen LogP contribution in [0.3, 0.4) is 0 Å². The third kappa shape index (κ3) is 7.16. The van der Waals surface area contributed by atoms with Crippen molar-refractivity contribution >= 4 is 39.3 Å². The van der Waals surface area contributed by atoms with E-state index in [-0.39, 0.29) is 17.9 Å². The Hall–Kier alpha value is -1.85. The molecule has 0 aliphatic heterocycles. The van der Waals surface area contributed by atoms with Crippen LogP contribution in [0.4, 0.5) is 0 Å². The number of amides is 2. The molecule has 0 saturated carbocycles. The smallest absolute Gasteiger partial charge is 0.242 e. The largest absolute Gasteiger partial charge is 0.352 e. The van der Waals surface area contributed by atoms with Gasteiger partial charge in [-0.2, -0.15) is 0 Å². The molecule has 0 aliphatic rings. The molecule has 0 radical (unpaired) electrons. The van der Waals surface area contributed by atoms with Crippen LogP contribution in [-0.2, 0) is 22.6 Å². The lowest BCUT2D eigenvalue weighted by atomic mass is 10.1. The molecule has 0 fully saturated rings. The Labute approximate surface area is 186 Å². The molecule has 0 bridgehead atoms. The summed E-state index contributed by atoms with van der Waals surface area (Å²) in [6, 6.07) is 14.8. The first-order valence-corrected chi connectivity index (χ1v) is 11.1. The summed E-state index contributed by atoms with van der Waals surface area (Å²) in [5, 5.41) is 3.64. The number of benzene rings is 2. The summed E-state index contributed by atoms with van der Waals surface area (Å²) in [5.41, 5.74) is 1.90. The number of rotatable bonds is 9. The Morgan fingerprint density at radius 2 is 1.86 bits per heavy atom. The molecule has 0 aromatic heterocycles. The highest BCUT2D eigenvalue weighted by Gasteiger charge is 2.26. The molecule has 2 rings (SSSR count). The van der Waals surface area contributed by atoms with E-state index < -0.39 is 6.04 Å². The Morgan fingerprint density at radius 3 is 2.52 bits per heavy atom. The molecule has 156 valence electrons. The number of nitrogens with one attached hydrogen (secondary N) is 1. The van der Waals surface area contributed by atoms with Gasteiger partial charge in [0.1, 0.15) is 6.04 Å². The van der Waals surface area contributed by atoms with Crippen LogP contribution < -0.4 is 5.32 Å². The van der Waals surface area contributed by atoms with Crippen molar-refractivity contribution in [3.05, 3.63) is 69.2 Å². The van der Waals surface area contributed by atoms with Crippen LogP contribution in [0.25, 0.3) is 0 Å². The molecular weight excluding hydrogens is 452 g/mol. The molecule has 4 nitrogen and oxygen atoms in total. The van der Waals surface area contributed by atoms with Crippen LogP contribution >= 0.6 is 27.5 Å². The summed E-state index contributed by atoms with van der Waals surface area (Å²) < 4.78 is 0.940. The van der Waals surface area contributed by atoms with Crippen LogP contribution in [0.5, 0.6) is 0 Å². The van der Waals surface area contributed by atoms with Crippen molar-refractivity contribution < 1.29 is 9.59 Å². The van der Waals surface area contributed by atoms with E-state index in [1.54, 1.807) is 11.8 Å². The van der Waals surface area contributed by atoms with E-state index in [4.69, 9.17) is 11.6 Å². The van der Waals surface area contributed by atoms with E-state index in [1.807, 2.05) is 62.4 Å². The van der Waals surface area contributed by atoms with Gasteiger partial charge in [-0.15, -0.1) is 0 Å². The molecule has 0 spiro atoms. The fraction of sp³-hybridized carbons (Fsp3) is 0.391. The Morgan fingerprint density at radius 1 is 1.14 bits per heavy atom. The number of aryl methyl sites for hydroxylation is 1. The average molecular weight is 480 g/mol. The zero-order valence-corrected chi connectivity index (χ0v) is 19.5. The van der Waals surface area contributed by atoms with Gasteiger partial charge in [0, 0.05) is 28.5 Å². The lowest BCUT2D eigenvalue weighted by Gasteiger charge is -2.30. The quantitative estimate of drug-likeness (QED) is 0.526. The van der Waals surface area contributed by atoms with Crippen LogP contribution in [0.1, 0.15) is 44.7 Å². The zero-order valence-electron chi connectivity index (χ0n) is 17.1. The predicted octanol–water partition coefficient (Wildman–Crippen LogP) is 5.37. The minimum absolute atomic E-state index is 0.0656. The summed E-state index contributed by atoms with van der Waals surface area (Å²) >= 11 is 9.70. The monoisotopic (exact) mass is 478 g/mol. The molecule has 0 unspecified atom stereocenters. The van der Waals surface area contributed by atoms with Crippen molar-refractivity contribution in [2.75, 3.05) is 0 Å². The van der Waals surface area contributed by atoms with Crippen molar-refractivity contribution in [3.63, 3.8) is 0 Å². The lowest BCUT2D eigenvalue weighted by Crippen LogP contribution is -2.49. The second kappa shape index (κ2) is 11.4. The highest BCUT2D eigenvalue weighted by Crippen LogP contribution is 2.19. The fourth-order valence-electron chi connectivity index (χ4n) is 2.97. The number of hydrogen-bond donors (Lipinski definition) is 1.